The summed E-state index contributed by atoms with van der Waals surface area (Å²) in [4.78, 5) is 2.58. The predicted molar refractivity (Wildman–Crippen MR) is 76.4 cm³/mol. The number of nitrogens with zero attached hydrogens (tertiary/aromatic N) is 2. The molecule has 1 aliphatic rings. The summed E-state index contributed by atoms with van der Waals surface area (Å²) in [5, 5.41) is 12.4. The van der Waals surface area contributed by atoms with Crippen LogP contribution in [0.15, 0.2) is 0 Å². The van der Waals surface area contributed by atoms with E-state index in [1.54, 1.807) is 0 Å². The molecule has 1 saturated carbocycles. The normalized spacial score (nSPS) is 15.9. The van der Waals surface area contributed by atoms with Gasteiger partial charge in [-0.2, -0.15) is 5.26 Å². The fraction of sp³-hybridized carbons (Fsp3) is 0.933. The highest BCUT2D eigenvalue weighted by atomic mass is 15.2. The Morgan fingerprint density at radius 2 is 2.00 bits per heavy atom. The van der Waals surface area contributed by atoms with Crippen molar-refractivity contribution in [1.29, 1.82) is 5.26 Å². The summed E-state index contributed by atoms with van der Waals surface area (Å²) in [6.45, 7) is 10.9. The molecule has 1 rings (SSSR count). The number of hydrogen-bond acceptors (Lipinski definition) is 3. The van der Waals surface area contributed by atoms with Crippen molar-refractivity contribution >= 4 is 0 Å². The van der Waals surface area contributed by atoms with Crippen LogP contribution in [0.2, 0.25) is 0 Å². The van der Waals surface area contributed by atoms with Crippen molar-refractivity contribution < 1.29 is 0 Å². The van der Waals surface area contributed by atoms with Crippen LogP contribution in [0, 0.1) is 16.7 Å². The monoisotopic (exact) mass is 251 g/mol. The molecule has 0 spiro atoms. The zero-order valence-electron chi connectivity index (χ0n) is 12.3. The van der Waals surface area contributed by atoms with E-state index in [-0.39, 0.29) is 5.41 Å². The summed E-state index contributed by atoms with van der Waals surface area (Å²) < 4.78 is 0. The minimum Gasteiger partial charge on any atom is -0.315 e. The summed E-state index contributed by atoms with van der Waals surface area (Å²) >= 11 is 0. The lowest BCUT2D eigenvalue weighted by molar-refractivity contribution is 0.276. The van der Waals surface area contributed by atoms with Gasteiger partial charge in [-0.05, 0) is 52.6 Å². The molecule has 0 radical (unpaired) electrons. The van der Waals surface area contributed by atoms with Gasteiger partial charge in [0.05, 0.1) is 11.5 Å². The molecule has 0 atom stereocenters. The lowest BCUT2D eigenvalue weighted by Gasteiger charge is -2.20. The van der Waals surface area contributed by atoms with Crippen molar-refractivity contribution in [3.63, 3.8) is 0 Å². The topological polar surface area (TPSA) is 39.1 Å². The molecule has 0 aromatic heterocycles. The molecule has 0 aromatic rings. The number of nitrogens with one attached hydrogen (secondary N) is 1. The second kappa shape index (κ2) is 7.76. The first-order valence-electron chi connectivity index (χ1n) is 7.45. The lowest BCUT2D eigenvalue weighted by Crippen LogP contribution is -2.33. The fourth-order valence-corrected chi connectivity index (χ4v) is 2.26. The average Bonchev–Trinajstić information content (AvgIpc) is 3.17. The Balaban J connectivity index is 1.91. The van der Waals surface area contributed by atoms with E-state index in [1.807, 2.05) is 13.8 Å². The van der Waals surface area contributed by atoms with Crippen LogP contribution >= 0.6 is 0 Å². The minimum absolute atomic E-state index is 0.148. The molecular formula is C15H29N3. The van der Waals surface area contributed by atoms with Crippen LogP contribution in [0.25, 0.3) is 0 Å². The molecule has 1 fully saturated rings. The average molecular weight is 251 g/mol. The smallest absolute Gasteiger partial charge is 0.0683 e. The summed E-state index contributed by atoms with van der Waals surface area (Å²) in [5.41, 5.74) is -0.148. The molecule has 0 heterocycles. The Hall–Kier alpha value is -0.590. The third-order valence-electron chi connectivity index (χ3n) is 3.75. The van der Waals surface area contributed by atoms with Crippen LogP contribution in [0.4, 0.5) is 0 Å². The number of hydrogen-bond donors (Lipinski definition) is 1. The molecule has 0 saturated heterocycles. The molecule has 3 heteroatoms. The molecule has 1 N–H and O–H groups in total. The highest BCUT2D eigenvalue weighted by molar-refractivity contribution is 4.91. The fourth-order valence-electron chi connectivity index (χ4n) is 2.26. The Morgan fingerprint density at radius 3 is 2.56 bits per heavy atom. The molecule has 0 unspecified atom stereocenters. The van der Waals surface area contributed by atoms with Crippen molar-refractivity contribution in [1.82, 2.24) is 10.2 Å². The predicted octanol–water partition coefficient (Wildman–Crippen LogP) is 2.78. The standard InChI is InChI=1S/C15H29N3/c1-4-18(14-7-8-14)12-11-17-10-6-5-9-15(2,3)13-16/h14,17H,4-12H2,1-3H3. The number of rotatable bonds is 10. The molecule has 18 heavy (non-hydrogen) atoms. The Kier molecular flexibility index (Phi) is 6.67. The number of unbranched alkanes of at least 4 members (excludes halogenated alkanes) is 1. The van der Waals surface area contributed by atoms with Gasteiger partial charge in [0.15, 0.2) is 0 Å². The lowest BCUT2D eigenvalue weighted by atomic mass is 9.89. The number of likely N-dealkylation sites (N-methyl/N-ethyl adjacent to an activating group) is 1. The molecule has 0 bridgehead atoms. The van der Waals surface area contributed by atoms with E-state index >= 15 is 0 Å². The van der Waals surface area contributed by atoms with Gasteiger partial charge in [0.2, 0.25) is 0 Å². The maximum absolute atomic E-state index is 8.91. The van der Waals surface area contributed by atoms with Gasteiger partial charge in [-0.25, -0.2) is 0 Å². The van der Waals surface area contributed by atoms with Crippen LogP contribution < -0.4 is 5.32 Å². The van der Waals surface area contributed by atoms with Crippen molar-refractivity contribution in [2.45, 2.75) is 58.9 Å². The van der Waals surface area contributed by atoms with E-state index in [0.717, 1.165) is 32.0 Å². The summed E-state index contributed by atoms with van der Waals surface area (Å²) in [6.07, 6.45) is 6.14. The van der Waals surface area contributed by atoms with Gasteiger partial charge in [0.25, 0.3) is 0 Å². The van der Waals surface area contributed by atoms with Crippen LogP contribution in [-0.4, -0.2) is 37.1 Å². The summed E-state index contributed by atoms with van der Waals surface area (Å²) in [7, 11) is 0. The first kappa shape index (κ1) is 15.5. The summed E-state index contributed by atoms with van der Waals surface area (Å²) in [6, 6.07) is 3.24. The SMILES string of the molecule is CCN(CCNCCCCC(C)(C)C#N)C1CC1. The quantitative estimate of drug-likeness (QED) is 0.607. The van der Waals surface area contributed by atoms with E-state index in [9.17, 15) is 0 Å². The zero-order valence-corrected chi connectivity index (χ0v) is 12.3. The second-order valence-corrected chi connectivity index (χ2v) is 6.06. The van der Waals surface area contributed by atoms with E-state index in [0.29, 0.717) is 0 Å². The third-order valence-corrected chi connectivity index (χ3v) is 3.75. The van der Waals surface area contributed by atoms with E-state index in [4.69, 9.17) is 5.26 Å². The maximum Gasteiger partial charge on any atom is 0.0683 e. The Morgan fingerprint density at radius 1 is 1.28 bits per heavy atom. The minimum atomic E-state index is -0.148. The molecule has 1 aliphatic carbocycles. The van der Waals surface area contributed by atoms with Gasteiger partial charge >= 0.3 is 0 Å². The van der Waals surface area contributed by atoms with Crippen LogP contribution in [0.5, 0.6) is 0 Å². The molecule has 104 valence electrons. The number of nitriles is 1. The van der Waals surface area contributed by atoms with Crippen molar-refractivity contribution in [3.05, 3.63) is 0 Å². The molecule has 3 nitrogen and oxygen atoms in total. The van der Waals surface area contributed by atoms with E-state index in [2.05, 4.69) is 23.2 Å². The van der Waals surface area contributed by atoms with Crippen molar-refractivity contribution in [3.8, 4) is 6.07 Å². The van der Waals surface area contributed by atoms with Gasteiger partial charge < -0.3 is 5.32 Å². The third kappa shape index (κ3) is 6.37. The van der Waals surface area contributed by atoms with Gasteiger partial charge in [0, 0.05) is 19.1 Å². The van der Waals surface area contributed by atoms with E-state index < -0.39 is 0 Å². The molecule has 0 aromatic carbocycles. The molecule has 0 aliphatic heterocycles. The Labute approximate surface area is 113 Å². The maximum atomic E-state index is 8.91. The van der Waals surface area contributed by atoms with Crippen molar-refractivity contribution in [2.75, 3.05) is 26.2 Å². The van der Waals surface area contributed by atoms with Crippen molar-refractivity contribution in [2.24, 2.45) is 5.41 Å². The van der Waals surface area contributed by atoms with Crippen LogP contribution in [0.1, 0.15) is 52.9 Å². The van der Waals surface area contributed by atoms with Crippen LogP contribution in [0.3, 0.4) is 0 Å². The second-order valence-electron chi connectivity index (χ2n) is 6.06. The summed E-state index contributed by atoms with van der Waals surface area (Å²) in [5.74, 6) is 0. The van der Waals surface area contributed by atoms with Crippen LogP contribution in [-0.2, 0) is 0 Å². The van der Waals surface area contributed by atoms with Gasteiger partial charge in [-0.15, -0.1) is 0 Å². The highest BCUT2D eigenvalue weighted by Gasteiger charge is 2.26. The first-order chi connectivity index (χ1) is 8.59. The first-order valence-corrected chi connectivity index (χ1v) is 7.45. The highest BCUT2D eigenvalue weighted by Crippen LogP contribution is 2.25. The zero-order chi connectivity index (χ0) is 13.4. The molecule has 0 amide bonds. The Bertz CT molecular complexity index is 263. The van der Waals surface area contributed by atoms with Gasteiger partial charge in [-0.3, -0.25) is 4.90 Å². The van der Waals surface area contributed by atoms with Gasteiger partial charge in [-0.1, -0.05) is 13.3 Å². The molecular weight excluding hydrogens is 222 g/mol. The van der Waals surface area contributed by atoms with Gasteiger partial charge in [0.1, 0.15) is 0 Å². The largest absolute Gasteiger partial charge is 0.315 e. The van der Waals surface area contributed by atoms with E-state index in [1.165, 1.54) is 32.4 Å².